The van der Waals surface area contributed by atoms with Gasteiger partial charge in [0.15, 0.2) is 5.82 Å². The van der Waals surface area contributed by atoms with Gasteiger partial charge in [0, 0.05) is 28.9 Å². The van der Waals surface area contributed by atoms with E-state index in [1.807, 2.05) is 72.2 Å². The third-order valence-corrected chi connectivity index (χ3v) is 6.07. The van der Waals surface area contributed by atoms with Crippen molar-refractivity contribution in [2.45, 2.75) is 26.3 Å². The summed E-state index contributed by atoms with van der Waals surface area (Å²) in [7, 11) is 0. The molecule has 3 aromatic carbocycles. The number of amides is 1. The number of nitrogens with zero attached hydrogens (tertiary/aromatic N) is 4. The Labute approximate surface area is 206 Å². The minimum absolute atomic E-state index is 0.0878. The van der Waals surface area contributed by atoms with E-state index in [9.17, 15) is 14.0 Å². The summed E-state index contributed by atoms with van der Waals surface area (Å²) in [6.45, 7) is 2.37. The molecule has 7 nitrogen and oxygen atoms in total. The molecule has 2 heterocycles. The number of rotatable bonds is 7. The summed E-state index contributed by atoms with van der Waals surface area (Å²) < 4.78 is 16.4. The highest BCUT2D eigenvalue weighted by molar-refractivity contribution is 5.90. The number of fused-ring (bicyclic) bond motifs is 1. The third-order valence-electron chi connectivity index (χ3n) is 6.07. The Bertz CT molecular complexity index is 1580. The smallest absolute Gasteiger partial charge is 0.279 e. The van der Waals surface area contributed by atoms with Gasteiger partial charge in [0.25, 0.3) is 5.56 Å². The second-order valence-electron chi connectivity index (χ2n) is 8.51. The van der Waals surface area contributed by atoms with Crippen LogP contribution in [0.15, 0.2) is 89.7 Å². The van der Waals surface area contributed by atoms with Crippen LogP contribution in [-0.4, -0.2) is 25.1 Å². The number of halogens is 1. The van der Waals surface area contributed by atoms with Gasteiger partial charge in [-0.3, -0.25) is 9.59 Å². The molecule has 36 heavy (non-hydrogen) atoms. The van der Waals surface area contributed by atoms with Gasteiger partial charge in [-0.15, -0.1) is 5.10 Å². The van der Waals surface area contributed by atoms with Crippen LogP contribution in [0.25, 0.3) is 17.2 Å². The summed E-state index contributed by atoms with van der Waals surface area (Å²) in [5.41, 5.74) is 3.30. The molecule has 0 aliphatic rings. The molecule has 0 spiro atoms. The Morgan fingerprint density at radius 2 is 1.61 bits per heavy atom. The topological polar surface area (TPSA) is 81.3 Å². The van der Waals surface area contributed by atoms with Crippen molar-refractivity contribution in [2.24, 2.45) is 0 Å². The zero-order chi connectivity index (χ0) is 25.1. The SMILES string of the molecule is Cc1c(CCC(=O)Nc2ccc(F)cc2)c(=O)n2nc(-c3ccccc3)nc2n1Cc1ccccc1. The van der Waals surface area contributed by atoms with Crippen LogP contribution in [-0.2, 0) is 17.8 Å². The molecular formula is C28H24FN5O2. The van der Waals surface area contributed by atoms with E-state index in [1.165, 1.54) is 28.8 Å². The molecule has 0 saturated carbocycles. The number of aromatic nitrogens is 4. The average Bonchev–Trinajstić information content (AvgIpc) is 3.35. The maximum absolute atomic E-state index is 13.5. The van der Waals surface area contributed by atoms with Crippen LogP contribution < -0.4 is 10.9 Å². The first-order valence-corrected chi connectivity index (χ1v) is 11.6. The molecular weight excluding hydrogens is 457 g/mol. The number of hydrogen-bond donors (Lipinski definition) is 1. The van der Waals surface area contributed by atoms with Gasteiger partial charge in [-0.25, -0.2) is 4.39 Å². The largest absolute Gasteiger partial charge is 0.326 e. The van der Waals surface area contributed by atoms with Gasteiger partial charge in [0.1, 0.15) is 5.82 Å². The van der Waals surface area contributed by atoms with E-state index in [1.54, 1.807) is 0 Å². The summed E-state index contributed by atoms with van der Waals surface area (Å²) in [4.78, 5) is 30.8. The lowest BCUT2D eigenvalue weighted by molar-refractivity contribution is -0.116. The molecule has 0 radical (unpaired) electrons. The average molecular weight is 482 g/mol. The van der Waals surface area contributed by atoms with Crippen LogP contribution in [0.2, 0.25) is 0 Å². The van der Waals surface area contributed by atoms with E-state index in [-0.39, 0.29) is 30.1 Å². The van der Waals surface area contributed by atoms with Crippen molar-refractivity contribution in [3.63, 3.8) is 0 Å². The molecule has 0 aliphatic heterocycles. The van der Waals surface area contributed by atoms with Crippen LogP contribution in [0.1, 0.15) is 23.2 Å². The number of benzene rings is 3. The molecule has 1 amide bonds. The van der Waals surface area contributed by atoms with Gasteiger partial charge in [0.05, 0.1) is 6.54 Å². The Hall–Kier alpha value is -4.59. The van der Waals surface area contributed by atoms with Crippen molar-refractivity contribution in [2.75, 3.05) is 5.32 Å². The van der Waals surface area contributed by atoms with E-state index in [0.29, 0.717) is 29.4 Å². The predicted octanol–water partition coefficient (Wildman–Crippen LogP) is 4.63. The van der Waals surface area contributed by atoms with Crippen LogP contribution in [0.3, 0.4) is 0 Å². The van der Waals surface area contributed by atoms with Crippen LogP contribution in [0, 0.1) is 12.7 Å². The summed E-state index contributed by atoms with van der Waals surface area (Å²) in [5.74, 6) is 0.261. The number of carbonyl (C=O) groups is 1. The van der Waals surface area contributed by atoms with Gasteiger partial charge >= 0.3 is 0 Å². The molecule has 0 aliphatic carbocycles. The van der Waals surface area contributed by atoms with Crippen molar-refractivity contribution in [3.05, 3.63) is 118 Å². The van der Waals surface area contributed by atoms with E-state index in [2.05, 4.69) is 10.4 Å². The molecule has 0 saturated heterocycles. The normalized spacial score (nSPS) is 11.1. The molecule has 0 fully saturated rings. The Balaban J connectivity index is 1.51. The molecule has 2 aromatic heterocycles. The second kappa shape index (κ2) is 9.95. The number of anilines is 1. The molecule has 0 bridgehead atoms. The van der Waals surface area contributed by atoms with Gasteiger partial charge < -0.3 is 9.88 Å². The molecule has 5 aromatic rings. The number of carbonyl (C=O) groups excluding carboxylic acids is 1. The maximum Gasteiger partial charge on any atom is 0.279 e. The van der Waals surface area contributed by atoms with Gasteiger partial charge in [-0.2, -0.15) is 9.50 Å². The first kappa shape index (κ1) is 23.2. The van der Waals surface area contributed by atoms with Crippen LogP contribution in [0.5, 0.6) is 0 Å². The van der Waals surface area contributed by atoms with Crippen molar-refractivity contribution in [1.29, 1.82) is 0 Å². The fraction of sp³-hybridized carbons (Fsp3) is 0.143. The highest BCUT2D eigenvalue weighted by atomic mass is 19.1. The van der Waals surface area contributed by atoms with Crippen molar-refractivity contribution < 1.29 is 9.18 Å². The van der Waals surface area contributed by atoms with E-state index < -0.39 is 0 Å². The maximum atomic E-state index is 13.5. The lowest BCUT2D eigenvalue weighted by Gasteiger charge is -2.15. The Kier molecular flexibility index (Phi) is 6.40. The minimum Gasteiger partial charge on any atom is -0.326 e. The van der Waals surface area contributed by atoms with Crippen LogP contribution in [0.4, 0.5) is 10.1 Å². The molecule has 0 atom stereocenters. The zero-order valence-electron chi connectivity index (χ0n) is 19.7. The van der Waals surface area contributed by atoms with Gasteiger partial charge in [0.2, 0.25) is 11.7 Å². The minimum atomic E-state index is -0.376. The highest BCUT2D eigenvalue weighted by Gasteiger charge is 2.19. The van der Waals surface area contributed by atoms with Crippen LogP contribution >= 0.6 is 0 Å². The summed E-state index contributed by atoms with van der Waals surface area (Å²) in [6, 6.07) is 25.0. The van der Waals surface area contributed by atoms with E-state index in [4.69, 9.17) is 4.98 Å². The lowest BCUT2D eigenvalue weighted by Crippen LogP contribution is -2.27. The van der Waals surface area contributed by atoms with E-state index >= 15 is 0 Å². The first-order chi connectivity index (χ1) is 17.5. The summed E-state index contributed by atoms with van der Waals surface area (Å²) in [6.07, 6.45) is 0.313. The molecule has 5 rings (SSSR count). The second-order valence-corrected chi connectivity index (χ2v) is 8.51. The fourth-order valence-electron chi connectivity index (χ4n) is 4.16. The number of nitrogens with one attached hydrogen (secondary N) is 1. The van der Waals surface area contributed by atoms with Crippen molar-refractivity contribution in [1.82, 2.24) is 19.2 Å². The Morgan fingerprint density at radius 3 is 2.31 bits per heavy atom. The quantitative estimate of drug-likeness (QED) is 0.368. The summed E-state index contributed by atoms with van der Waals surface area (Å²) in [5, 5.41) is 7.27. The molecule has 0 unspecified atom stereocenters. The monoisotopic (exact) mass is 481 g/mol. The first-order valence-electron chi connectivity index (χ1n) is 11.6. The third kappa shape index (κ3) is 4.79. The molecule has 8 heteroatoms. The van der Waals surface area contributed by atoms with E-state index in [0.717, 1.165) is 16.8 Å². The molecule has 1 N–H and O–H groups in total. The Morgan fingerprint density at radius 1 is 0.944 bits per heavy atom. The molecule has 180 valence electrons. The van der Waals surface area contributed by atoms with Crippen molar-refractivity contribution >= 4 is 17.4 Å². The van der Waals surface area contributed by atoms with Gasteiger partial charge in [-0.05, 0) is 43.2 Å². The van der Waals surface area contributed by atoms with Gasteiger partial charge in [-0.1, -0.05) is 60.7 Å². The predicted molar refractivity (Wildman–Crippen MR) is 136 cm³/mol. The fourth-order valence-corrected chi connectivity index (χ4v) is 4.16. The zero-order valence-corrected chi connectivity index (χ0v) is 19.7. The highest BCUT2D eigenvalue weighted by Crippen LogP contribution is 2.19. The summed E-state index contributed by atoms with van der Waals surface area (Å²) >= 11 is 0. The number of hydrogen-bond acceptors (Lipinski definition) is 4. The standard InChI is InChI=1S/C28H24FN5O2/c1-19-24(16-17-25(35)30-23-14-12-22(29)13-15-23)27(36)34-28(33(19)18-20-8-4-2-5-9-20)31-26(32-34)21-10-6-3-7-11-21/h2-15H,16-18H2,1H3,(H,30,35). The lowest BCUT2D eigenvalue weighted by atomic mass is 10.1. The van der Waals surface area contributed by atoms with Crippen molar-refractivity contribution in [3.8, 4) is 11.4 Å².